The van der Waals surface area contributed by atoms with Crippen molar-refractivity contribution in [1.29, 1.82) is 0 Å². The highest BCUT2D eigenvalue weighted by molar-refractivity contribution is 5.98. The fraction of sp³-hybridized carbons (Fsp3) is 0.667. The molecule has 0 aromatic heterocycles. The molecule has 1 unspecified atom stereocenters. The first-order valence-corrected chi connectivity index (χ1v) is 4.03. The number of carbonyl (C=O) groups is 1. The van der Waals surface area contributed by atoms with Gasteiger partial charge in [0.15, 0.2) is 5.78 Å². The van der Waals surface area contributed by atoms with Crippen LogP contribution in [0.1, 0.15) is 19.8 Å². The third-order valence-electron chi connectivity index (χ3n) is 2.24. The summed E-state index contributed by atoms with van der Waals surface area (Å²) in [6, 6.07) is 0.118. The molecule has 0 aromatic rings. The maximum absolute atomic E-state index is 11.4. The highest BCUT2D eigenvalue weighted by atomic mass is 16.1. The topological polar surface area (TPSA) is 20.3 Å². The molecule has 0 spiro atoms. The second-order valence-corrected chi connectivity index (χ2v) is 3.28. The summed E-state index contributed by atoms with van der Waals surface area (Å²) in [6.07, 6.45) is 2.14. The molecular formula is C9H15NO. The fourth-order valence-corrected chi connectivity index (χ4v) is 1.53. The van der Waals surface area contributed by atoms with Gasteiger partial charge in [-0.3, -0.25) is 9.69 Å². The minimum absolute atomic E-state index is 0.118. The van der Waals surface area contributed by atoms with Crippen LogP contribution in [-0.2, 0) is 4.79 Å². The summed E-state index contributed by atoms with van der Waals surface area (Å²) in [5.74, 6) is 0.213. The predicted molar refractivity (Wildman–Crippen MR) is 45.5 cm³/mol. The van der Waals surface area contributed by atoms with Gasteiger partial charge < -0.3 is 0 Å². The van der Waals surface area contributed by atoms with Gasteiger partial charge in [-0.15, -0.1) is 0 Å². The Bertz CT molecular complexity index is 186. The second kappa shape index (κ2) is 3.18. The van der Waals surface area contributed by atoms with Crippen LogP contribution in [0.2, 0.25) is 0 Å². The van der Waals surface area contributed by atoms with Gasteiger partial charge in [0.05, 0.1) is 6.04 Å². The molecule has 62 valence electrons. The van der Waals surface area contributed by atoms with Crippen molar-refractivity contribution < 1.29 is 4.79 Å². The van der Waals surface area contributed by atoms with Crippen molar-refractivity contribution >= 4 is 5.78 Å². The first kappa shape index (κ1) is 8.47. The van der Waals surface area contributed by atoms with Gasteiger partial charge in [-0.05, 0) is 38.9 Å². The molecule has 0 aliphatic carbocycles. The lowest BCUT2D eigenvalue weighted by Gasteiger charge is -2.17. The number of likely N-dealkylation sites (N-methyl/N-ethyl adjacent to an activating group) is 1. The van der Waals surface area contributed by atoms with Crippen molar-refractivity contribution in [1.82, 2.24) is 4.90 Å². The zero-order valence-corrected chi connectivity index (χ0v) is 7.26. The third-order valence-corrected chi connectivity index (χ3v) is 2.24. The maximum atomic E-state index is 11.4. The van der Waals surface area contributed by atoms with Crippen LogP contribution in [-0.4, -0.2) is 30.3 Å². The van der Waals surface area contributed by atoms with E-state index >= 15 is 0 Å². The normalized spacial score (nSPS) is 25.5. The maximum Gasteiger partial charge on any atom is 0.175 e. The smallest absolute Gasteiger partial charge is 0.175 e. The van der Waals surface area contributed by atoms with Crippen molar-refractivity contribution in [2.45, 2.75) is 25.8 Å². The number of hydrogen-bond donors (Lipinski definition) is 0. The number of nitrogens with zero attached hydrogens (tertiary/aromatic N) is 1. The van der Waals surface area contributed by atoms with Crippen LogP contribution >= 0.6 is 0 Å². The first-order valence-electron chi connectivity index (χ1n) is 4.03. The molecule has 0 N–H and O–H groups in total. The molecule has 1 aliphatic heterocycles. The highest BCUT2D eigenvalue weighted by Gasteiger charge is 2.27. The molecule has 1 aliphatic rings. The Hall–Kier alpha value is -0.630. The van der Waals surface area contributed by atoms with Gasteiger partial charge in [-0.25, -0.2) is 0 Å². The van der Waals surface area contributed by atoms with Crippen molar-refractivity contribution in [3.63, 3.8) is 0 Å². The molecule has 0 bridgehead atoms. The van der Waals surface area contributed by atoms with E-state index in [1.54, 1.807) is 6.92 Å². The number of ketones is 1. The molecule has 11 heavy (non-hydrogen) atoms. The second-order valence-electron chi connectivity index (χ2n) is 3.28. The average molecular weight is 153 g/mol. The number of hydrogen-bond acceptors (Lipinski definition) is 2. The van der Waals surface area contributed by atoms with E-state index in [1.165, 1.54) is 0 Å². The first-order chi connectivity index (χ1) is 5.13. The Morgan fingerprint density at radius 3 is 2.64 bits per heavy atom. The van der Waals surface area contributed by atoms with Crippen LogP contribution in [0.25, 0.3) is 0 Å². The summed E-state index contributed by atoms with van der Waals surface area (Å²) in [5, 5.41) is 0. The lowest BCUT2D eigenvalue weighted by atomic mass is 10.1. The molecule has 0 radical (unpaired) electrons. The molecule has 0 amide bonds. The number of likely N-dealkylation sites (tertiary alicyclic amines) is 1. The Balaban J connectivity index is 2.60. The molecular weight excluding hydrogens is 138 g/mol. The van der Waals surface area contributed by atoms with E-state index in [2.05, 4.69) is 11.5 Å². The summed E-state index contributed by atoms with van der Waals surface area (Å²) in [6.45, 7) is 6.49. The SMILES string of the molecule is C=C(C)C(=O)C1CCCN1C. The van der Waals surface area contributed by atoms with Crippen molar-refractivity contribution in [2.75, 3.05) is 13.6 Å². The lowest BCUT2D eigenvalue weighted by Crippen LogP contribution is -2.33. The van der Waals surface area contributed by atoms with Crippen molar-refractivity contribution in [3.05, 3.63) is 12.2 Å². The molecule has 1 atom stereocenters. The van der Waals surface area contributed by atoms with Gasteiger partial charge in [0.2, 0.25) is 0 Å². The molecule has 1 heterocycles. The molecule has 1 rings (SSSR count). The third kappa shape index (κ3) is 1.69. The quantitative estimate of drug-likeness (QED) is 0.556. The lowest BCUT2D eigenvalue weighted by molar-refractivity contribution is -0.119. The minimum atomic E-state index is 0.118. The van der Waals surface area contributed by atoms with Gasteiger partial charge in [0, 0.05) is 0 Å². The van der Waals surface area contributed by atoms with Gasteiger partial charge in [0.1, 0.15) is 0 Å². The van der Waals surface area contributed by atoms with Crippen LogP contribution in [0, 0.1) is 0 Å². The van der Waals surface area contributed by atoms with Gasteiger partial charge in [-0.1, -0.05) is 6.58 Å². The number of Topliss-reactive ketones (excluding diaryl/α,β-unsaturated/α-hetero) is 1. The van der Waals surface area contributed by atoms with E-state index in [0.29, 0.717) is 5.57 Å². The molecule has 1 fully saturated rings. The van der Waals surface area contributed by atoms with Crippen LogP contribution in [0.3, 0.4) is 0 Å². The minimum Gasteiger partial charge on any atom is -0.296 e. The van der Waals surface area contributed by atoms with Crippen molar-refractivity contribution in [3.8, 4) is 0 Å². The van der Waals surface area contributed by atoms with E-state index in [4.69, 9.17) is 0 Å². The predicted octanol–water partition coefficient (Wildman–Crippen LogP) is 1.23. The van der Waals surface area contributed by atoms with Gasteiger partial charge in [-0.2, -0.15) is 0 Å². The van der Waals surface area contributed by atoms with Crippen LogP contribution in [0.5, 0.6) is 0 Å². The van der Waals surface area contributed by atoms with E-state index in [9.17, 15) is 4.79 Å². The highest BCUT2D eigenvalue weighted by Crippen LogP contribution is 2.17. The molecule has 0 aromatic carbocycles. The summed E-state index contributed by atoms with van der Waals surface area (Å²) >= 11 is 0. The summed E-state index contributed by atoms with van der Waals surface area (Å²) in [7, 11) is 2.00. The Kier molecular flexibility index (Phi) is 2.45. The summed E-state index contributed by atoms with van der Waals surface area (Å²) in [5.41, 5.74) is 0.684. The van der Waals surface area contributed by atoms with E-state index in [0.717, 1.165) is 19.4 Å². The number of rotatable bonds is 2. The largest absolute Gasteiger partial charge is 0.296 e. The Morgan fingerprint density at radius 2 is 2.27 bits per heavy atom. The number of carbonyl (C=O) groups excluding carboxylic acids is 1. The molecule has 2 heteroatoms. The van der Waals surface area contributed by atoms with Crippen LogP contribution in [0.4, 0.5) is 0 Å². The van der Waals surface area contributed by atoms with Gasteiger partial charge >= 0.3 is 0 Å². The Morgan fingerprint density at radius 1 is 1.64 bits per heavy atom. The van der Waals surface area contributed by atoms with Crippen LogP contribution in [0.15, 0.2) is 12.2 Å². The standard InChI is InChI=1S/C9H15NO/c1-7(2)9(11)8-5-4-6-10(8)3/h8H,1,4-6H2,2-3H3. The van der Waals surface area contributed by atoms with Crippen LogP contribution < -0.4 is 0 Å². The molecule has 1 saturated heterocycles. The van der Waals surface area contributed by atoms with E-state index < -0.39 is 0 Å². The van der Waals surface area contributed by atoms with E-state index in [-0.39, 0.29) is 11.8 Å². The Labute approximate surface area is 67.9 Å². The zero-order valence-electron chi connectivity index (χ0n) is 7.26. The molecule has 0 saturated carbocycles. The summed E-state index contributed by atoms with van der Waals surface area (Å²) in [4.78, 5) is 13.5. The van der Waals surface area contributed by atoms with Gasteiger partial charge in [0.25, 0.3) is 0 Å². The molecule has 2 nitrogen and oxygen atoms in total. The summed E-state index contributed by atoms with van der Waals surface area (Å²) < 4.78 is 0. The monoisotopic (exact) mass is 153 g/mol. The average Bonchev–Trinajstić information content (AvgIpc) is 2.33. The zero-order chi connectivity index (χ0) is 8.43. The van der Waals surface area contributed by atoms with Crippen molar-refractivity contribution in [2.24, 2.45) is 0 Å². The van der Waals surface area contributed by atoms with E-state index in [1.807, 2.05) is 7.05 Å². The fourth-order valence-electron chi connectivity index (χ4n) is 1.53.